The minimum absolute atomic E-state index is 0.401. The van der Waals surface area contributed by atoms with E-state index in [0.29, 0.717) is 18.6 Å². The third kappa shape index (κ3) is 4.58. The number of aliphatic hydroxyl groups is 1. The van der Waals surface area contributed by atoms with Gasteiger partial charge in [-0.2, -0.15) is 0 Å². The summed E-state index contributed by atoms with van der Waals surface area (Å²) in [5.41, 5.74) is 1.01. The summed E-state index contributed by atoms with van der Waals surface area (Å²) in [7, 11) is 0. The van der Waals surface area contributed by atoms with Crippen LogP contribution >= 0.6 is 0 Å². The Balaban J connectivity index is 1.91. The number of nitrogens with one attached hydrogen (secondary N) is 1. The van der Waals surface area contributed by atoms with Gasteiger partial charge in [-0.1, -0.05) is 36.8 Å². The predicted octanol–water partition coefficient (Wildman–Crippen LogP) is 2.57. The van der Waals surface area contributed by atoms with Crippen molar-refractivity contribution in [1.82, 2.24) is 10.2 Å². The molecule has 0 aromatic heterocycles. The quantitative estimate of drug-likeness (QED) is 0.838. The zero-order chi connectivity index (χ0) is 14.4. The van der Waals surface area contributed by atoms with Crippen molar-refractivity contribution in [2.24, 2.45) is 0 Å². The van der Waals surface area contributed by atoms with Gasteiger partial charge in [-0.05, 0) is 38.8 Å². The molecule has 0 amide bonds. The van der Waals surface area contributed by atoms with Crippen LogP contribution in [0.15, 0.2) is 30.3 Å². The van der Waals surface area contributed by atoms with Crippen molar-refractivity contribution in [3.8, 4) is 0 Å². The molecule has 1 aliphatic rings. The molecule has 1 fully saturated rings. The third-order valence-corrected chi connectivity index (χ3v) is 4.19. The Kier molecular flexibility index (Phi) is 6.02. The van der Waals surface area contributed by atoms with Crippen LogP contribution in [0.1, 0.15) is 44.8 Å². The van der Waals surface area contributed by atoms with Gasteiger partial charge in [-0.3, -0.25) is 4.90 Å². The Morgan fingerprint density at radius 2 is 2.00 bits per heavy atom. The molecule has 0 radical (unpaired) electrons. The fourth-order valence-electron chi connectivity index (χ4n) is 2.86. The highest BCUT2D eigenvalue weighted by atomic mass is 16.3. The molecule has 2 N–H and O–H groups in total. The molecule has 1 aliphatic heterocycles. The van der Waals surface area contributed by atoms with Crippen LogP contribution in [0.2, 0.25) is 0 Å². The minimum Gasteiger partial charge on any atom is -0.387 e. The second-order valence-corrected chi connectivity index (χ2v) is 6.12. The molecule has 0 spiro atoms. The number of rotatable bonds is 6. The van der Waals surface area contributed by atoms with E-state index in [1.807, 2.05) is 30.3 Å². The van der Waals surface area contributed by atoms with Crippen LogP contribution in [-0.2, 0) is 0 Å². The average Bonchev–Trinajstić information content (AvgIpc) is 2.48. The van der Waals surface area contributed by atoms with Crippen LogP contribution < -0.4 is 5.32 Å². The first-order chi connectivity index (χ1) is 9.66. The van der Waals surface area contributed by atoms with E-state index in [2.05, 4.69) is 24.1 Å². The van der Waals surface area contributed by atoms with E-state index in [1.54, 1.807) is 0 Å². The summed E-state index contributed by atoms with van der Waals surface area (Å²) in [6, 6.07) is 11.0. The lowest BCUT2D eigenvalue weighted by molar-refractivity contribution is 0.0857. The molecule has 2 rings (SSSR count). The molecule has 2 unspecified atom stereocenters. The summed E-state index contributed by atoms with van der Waals surface area (Å²) in [4.78, 5) is 2.39. The van der Waals surface area contributed by atoms with E-state index in [4.69, 9.17) is 0 Å². The van der Waals surface area contributed by atoms with E-state index in [0.717, 1.165) is 18.7 Å². The highest BCUT2D eigenvalue weighted by molar-refractivity contribution is 5.17. The summed E-state index contributed by atoms with van der Waals surface area (Å²) in [6.07, 6.45) is 3.47. The maximum Gasteiger partial charge on any atom is 0.0917 e. The van der Waals surface area contributed by atoms with E-state index < -0.39 is 6.10 Å². The van der Waals surface area contributed by atoms with Crippen molar-refractivity contribution in [3.05, 3.63) is 35.9 Å². The molecule has 1 heterocycles. The van der Waals surface area contributed by atoms with Gasteiger partial charge in [0, 0.05) is 25.2 Å². The molecule has 2 atom stereocenters. The summed E-state index contributed by atoms with van der Waals surface area (Å²) in [6.45, 7) is 7.29. The normalized spacial score (nSPS) is 21.4. The Hall–Kier alpha value is -0.900. The predicted molar refractivity (Wildman–Crippen MR) is 83.8 cm³/mol. The second kappa shape index (κ2) is 7.77. The van der Waals surface area contributed by atoms with E-state index in [1.165, 1.54) is 19.3 Å². The van der Waals surface area contributed by atoms with Gasteiger partial charge >= 0.3 is 0 Å². The van der Waals surface area contributed by atoms with Crippen molar-refractivity contribution in [2.45, 2.75) is 51.3 Å². The van der Waals surface area contributed by atoms with Crippen LogP contribution in [0.25, 0.3) is 0 Å². The Labute approximate surface area is 123 Å². The SMILES string of the molecule is CC(C)N(CC1CCCCN1)CC(O)c1ccccc1. The number of hydrogen-bond acceptors (Lipinski definition) is 3. The Morgan fingerprint density at radius 3 is 2.60 bits per heavy atom. The van der Waals surface area contributed by atoms with Crippen LogP contribution in [0.3, 0.4) is 0 Å². The fraction of sp³-hybridized carbons (Fsp3) is 0.647. The molecule has 3 heteroatoms. The van der Waals surface area contributed by atoms with Crippen LogP contribution in [0.4, 0.5) is 0 Å². The molecule has 20 heavy (non-hydrogen) atoms. The molecule has 3 nitrogen and oxygen atoms in total. The standard InChI is InChI=1S/C17H28N2O/c1-14(2)19(12-16-10-6-7-11-18-16)13-17(20)15-8-4-3-5-9-15/h3-5,8-9,14,16-18,20H,6-7,10-13H2,1-2H3. The molecular formula is C17H28N2O. The topological polar surface area (TPSA) is 35.5 Å². The first-order valence-electron chi connectivity index (χ1n) is 7.87. The zero-order valence-corrected chi connectivity index (χ0v) is 12.8. The Bertz CT molecular complexity index is 374. The highest BCUT2D eigenvalue weighted by Gasteiger charge is 2.21. The van der Waals surface area contributed by atoms with Crippen molar-refractivity contribution in [2.75, 3.05) is 19.6 Å². The first-order valence-corrected chi connectivity index (χ1v) is 7.87. The lowest BCUT2D eigenvalue weighted by Crippen LogP contribution is -2.47. The van der Waals surface area contributed by atoms with Gasteiger partial charge in [0.05, 0.1) is 6.10 Å². The van der Waals surface area contributed by atoms with Gasteiger partial charge in [0.15, 0.2) is 0 Å². The molecular weight excluding hydrogens is 248 g/mol. The third-order valence-electron chi connectivity index (χ3n) is 4.19. The van der Waals surface area contributed by atoms with E-state index in [-0.39, 0.29) is 0 Å². The van der Waals surface area contributed by atoms with Gasteiger partial charge in [-0.25, -0.2) is 0 Å². The molecule has 1 saturated heterocycles. The monoisotopic (exact) mass is 276 g/mol. The van der Waals surface area contributed by atoms with Gasteiger partial charge in [0.25, 0.3) is 0 Å². The minimum atomic E-state index is -0.401. The van der Waals surface area contributed by atoms with Crippen molar-refractivity contribution in [1.29, 1.82) is 0 Å². The van der Waals surface area contributed by atoms with Crippen molar-refractivity contribution in [3.63, 3.8) is 0 Å². The molecule has 112 valence electrons. The maximum absolute atomic E-state index is 10.4. The summed E-state index contributed by atoms with van der Waals surface area (Å²) >= 11 is 0. The van der Waals surface area contributed by atoms with E-state index >= 15 is 0 Å². The lowest BCUT2D eigenvalue weighted by atomic mass is 10.0. The number of hydrogen-bond donors (Lipinski definition) is 2. The van der Waals surface area contributed by atoms with Crippen LogP contribution in [0, 0.1) is 0 Å². The number of nitrogens with zero attached hydrogens (tertiary/aromatic N) is 1. The summed E-state index contributed by atoms with van der Waals surface area (Å²) < 4.78 is 0. The smallest absolute Gasteiger partial charge is 0.0917 e. The number of benzene rings is 1. The molecule has 0 saturated carbocycles. The largest absolute Gasteiger partial charge is 0.387 e. The molecule has 0 bridgehead atoms. The van der Waals surface area contributed by atoms with Gasteiger partial charge in [-0.15, -0.1) is 0 Å². The summed E-state index contributed by atoms with van der Waals surface area (Å²) in [5, 5.41) is 14.0. The van der Waals surface area contributed by atoms with Crippen molar-refractivity contribution < 1.29 is 5.11 Å². The number of aliphatic hydroxyl groups excluding tert-OH is 1. The molecule has 1 aromatic rings. The van der Waals surface area contributed by atoms with Crippen LogP contribution in [0.5, 0.6) is 0 Å². The fourth-order valence-corrected chi connectivity index (χ4v) is 2.86. The summed E-state index contributed by atoms with van der Waals surface area (Å²) in [5.74, 6) is 0. The maximum atomic E-state index is 10.4. The molecule has 0 aliphatic carbocycles. The number of piperidine rings is 1. The van der Waals surface area contributed by atoms with Gasteiger partial charge in [0.1, 0.15) is 0 Å². The van der Waals surface area contributed by atoms with E-state index in [9.17, 15) is 5.11 Å². The van der Waals surface area contributed by atoms with Gasteiger partial charge in [0.2, 0.25) is 0 Å². The van der Waals surface area contributed by atoms with Crippen LogP contribution in [-0.4, -0.2) is 41.7 Å². The molecule has 1 aromatic carbocycles. The first kappa shape index (κ1) is 15.5. The van der Waals surface area contributed by atoms with Gasteiger partial charge < -0.3 is 10.4 Å². The van der Waals surface area contributed by atoms with Crippen molar-refractivity contribution >= 4 is 0 Å². The lowest BCUT2D eigenvalue weighted by Gasteiger charge is -2.34. The highest BCUT2D eigenvalue weighted by Crippen LogP contribution is 2.17. The Morgan fingerprint density at radius 1 is 1.25 bits per heavy atom. The second-order valence-electron chi connectivity index (χ2n) is 6.12. The average molecular weight is 276 g/mol. The zero-order valence-electron chi connectivity index (χ0n) is 12.8.